The lowest BCUT2D eigenvalue weighted by atomic mass is 10.1. The summed E-state index contributed by atoms with van der Waals surface area (Å²) in [6.45, 7) is 5.51. The van der Waals surface area contributed by atoms with E-state index in [4.69, 9.17) is 0 Å². The topological polar surface area (TPSA) is 80.5 Å². The minimum Gasteiger partial charge on any atom is -0.279 e. The highest BCUT2D eigenvalue weighted by Gasteiger charge is 2.25. The molecule has 0 fully saturated rings. The Morgan fingerprint density at radius 2 is 1.93 bits per heavy atom. The number of nitrogens with one attached hydrogen (secondary N) is 1. The van der Waals surface area contributed by atoms with Crippen molar-refractivity contribution in [2.75, 3.05) is 4.72 Å². The highest BCUT2D eigenvalue weighted by atomic mass is 32.2. The highest BCUT2D eigenvalue weighted by molar-refractivity contribution is 7.92. The van der Waals surface area contributed by atoms with E-state index in [0.29, 0.717) is 16.2 Å². The second-order valence-electron chi connectivity index (χ2n) is 6.68. The van der Waals surface area contributed by atoms with Gasteiger partial charge in [0.2, 0.25) is 0 Å². The van der Waals surface area contributed by atoms with Crippen molar-refractivity contribution in [1.29, 1.82) is 0 Å². The zero-order chi connectivity index (χ0) is 20.1. The third-order valence-electron chi connectivity index (χ3n) is 4.59. The molecule has 28 heavy (non-hydrogen) atoms. The summed E-state index contributed by atoms with van der Waals surface area (Å²) < 4.78 is 30.9. The first-order valence-corrected chi connectivity index (χ1v) is 11.1. The van der Waals surface area contributed by atoms with Gasteiger partial charge in [0.15, 0.2) is 9.86 Å². The van der Waals surface area contributed by atoms with Gasteiger partial charge >= 0.3 is 0 Å². The average molecular weight is 414 g/mol. The Labute approximate surface area is 166 Å². The second-order valence-corrected chi connectivity index (χ2v) is 9.31. The van der Waals surface area contributed by atoms with Gasteiger partial charge in [0.05, 0.1) is 15.9 Å². The lowest BCUT2D eigenvalue weighted by Crippen LogP contribution is -2.27. The van der Waals surface area contributed by atoms with Crippen LogP contribution in [0.5, 0.6) is 0 Å². The number of nitrogens with zero attached hydrogens (tertiary/aromatic N) is 2. The Hall–Kier alpha value is -2.71. The Bertz CT molecular complexity index is 1390. The van der Waals surface area contributed by atoms with Crippen molar-refractivity contribution in [2.24, 2.45) is 0 Å². The zero-order valence-corrected chi connectivity index (χ0v) is 17.3. The van der Waals surface area contributed by atoms with Gasteiger partial charge in [-0.1, -0.05) is 36.5 Å². The summed E-state index contributed by atoms with van der Waals surface area (Å²) in [5, 5.41) is 0. The molecular weight excluding hydrogens is 394 g/mol. The fourth-order valence-electron chi connectivity index (χ4n) is 3.22. The molecule has 0 amide bonds. The second kappa shape index (κ2) is 6.72. The molecule has 144 valence electrons. The molecule has 4 rings (SSSR count). The Morgan fingerprint density at radius 1 is 1.14 bits per heavy atom. The smallest absolute Gasteiger partial charge is 0.279 e. The summed E-state index contributed by atoms with van der Waals surface area (Å²) in [4.78, 5) is 17.7. The number of benzene rings is 2. The summed E-state index contributed by atoms with van der Waals surface area (Å²) in [6.07, 6.45) is 0.783. The molecule has 1 N–H and O–H groups in total. The van der Waals surface area contributed by atoms with Crippen LogP contribution in [0, 0.1) is 13.8 Å². The van der Waals surface area contributed by atoms with Crippen molar-refractivity contribution in [3.8, 4) is 0 Å². The first-order chi connectivity index (χ1) is 13.3. The lowest BCUT2D eigenvalue weighted by Gasteiger charge is -2.10. The van der Waals surface area contributed by atoms with Crippen LogP contribution in [0.1, 0.15) is 23.7 Å². The van der Waals surface area contributed by atoms with Gasteiger partial charge in [-0.05, 0) is 55.7 Å². The number of sulfonamides is 1. The molecule has 0 aliphatic heterocycles. The molecule has 0 unspecified atom stereocenters. The van der Waals surface area contributed by atoms with E-state index in [2.05, 4.69) is 9.71 Å². The molecule has 0 saturated heterocycles. The lowest BCUT2D eigenvalue weighted by molar-refractivity contribution is 0.598. The molecule has 0 bridgehead atoms. The number of thiazole rings is 1. The Morgan fingerprint density at radius 3 is 2.68 bits per heavy atom. The maximum Gasteiger partial charge on any atom is 0.280 e. The molecule has 2 heterocycles. The number of hydrogen-bond acceptors (Lipinski definition) is 5. The maximum absolute atomic E-state index is 13.2. The van der Waals surface area contributed by atoms with E-state index in [1.807, 2.05) is 38.1 Å². The summed E-state index contributed by atoms with van der Waals surface area (Å²) in [5.41, 5.74) is 2.75. The summed E-state index contributed by atoms with van der Waals surface area (Å²) >= 11 is 1.37. The van der Waals surface area contributed by atoms with Gasteiger partial charge in [-0.25, -0.2) is 17.8 Å². The predicted octanol–water partition coefficient (Wildman–Crippen LogP) is 3.89. The molecule has 0 radical (unpaired) electrons. The van der Waals surface area contributed by atoms with Crippen LogP contribution in [0.3, 0.4) is 0 Å². The van der Waals surface area contributed by atoms with E-state index in [-0.39, 0.29) is 10.6 Å². The zero-order valence-electron chi connectivity index (χ0n) is 15.7. The molecule has 2 aromatic heterocycles. The van der Waals surface area contributed by atoms with E-state index in [1.165, 1.54) is 15.7 Å². The van der Waals surface area contributed by atoms with E-state index in [0.717, 1.165) is 22.2 Å². The number of aromatic nitrogens is 2. The van der Waals surface area contributed by atoms with E-state index in [1.54, 1.807) is 25.1 Å². The Kier molecular flexibility index (Phi) is 4.47. The standard InChI is InChI=1S/C20H19N3O3S2/c1-4-14-6-5-7-15(11-14)22-28(25,26)18-13(3)21-20-23(19(18)24)16-9-8-12(2)10-17(16)27-20/h5-11,22H,4H2,1-3H3. The quantitative estimate of drug-likeness (QED) is 0.550. The van der Waals surface area contributed by atoms with Crippen LogP contribution in [-0.2, 0) is 16.4 Å². The molecule has 2 aromatic carbocycles. The highest BCUT2D eigenvalue weighted by Crippen LogP contribution is 2.26. The molecule has 6 nitrogen and oxygen atoms in total. The Balaban J connectivity index is 1.92. The van der Waals surface area contributed by atoms with Gasteiger partial charge in [0.1, 0.15) is 0 Å². The maximum atomic E-state index is 13.2. The van der Waals surface area contributed by atoms with Crippen LogP contribution >= 0.6 is 11.3 Å². The minimum atomic E-state index is -4.09. The third kappa shape index (κ3) is 3.08. The van der Waals surface area contributed by atoms with Crippen LogP contribution in [0.25, 0.3) is 15.2 Å². The number of anilines is 1. The van der Waals surface area contributed by atoms with E-state index >= 15 is 0 Å². The fraction of sp³-hybridized carbons (Fsp3) is 0.200. The van der Waals surface area contributed by atoms with Crippen molar-refractivity contribution < 1.29 is 8.42 Å². The first kappa shape index (κ1) is 18.6. The molecular formula is C20H19N3O3S2. The molecule has 0 aliphatic carbocycles. The summed E-state index contributed by atoms with van der Waals surface area (Å²) in [7, 11) is -4.09. The number of rotatable bonds is 4. The van der Waals surface area contributed by atoms with Crippen molar-refractivity contribution in [3.05, 3.63) is 69.6 Å². The molecule has 8 heteroatoms. The van der Waals surface area contributed by atoms with Crippen LogP contribution in [0.15, 0.2) is 52.2 Å². The summed E-state index contributed by atoms with van der Waals surface area (Å²) in [5.74, 6) is 0. The number of aryl methyl sites for hydroxylation is 3. The third-order valence-corrected chi connectivity index (χ3v) is 7.11. The van der Waals surface area contributed by atoms with Gasteiger partial charge in [-0.2, -0.15) is 0 Å². The molecule has 0 spiro atoms. The van der Waals surface area contributed by atoms with E-state index < -0.39 is 15.6 Å². The van der Waals surface area contributed by atoms with Gasteiger partial charge in [-0.15, -0.1) is 0 Å². The number of fused-ring (bicyclic) bond motifs is 3. The minimum absolute atomic E-state index is 0.187. The van der Waals surface area contributed by atoms with Gasteiger partial charge < -0.3 is 0 Å². The SMILES string of the molecule is CCc1cccc(NS(=O)(=O)c2c(C)nc3sc4cc(C)ccc4n3c2=O)c1. The van der Waals surface area contributed by atoms with Crippen LogP contribution < -0.4 is 10.3 Å². The van der Waals surface area contributed by atoms with Crippen LogP contribution in [0.4, 0.5) is 5.69 Å². The predicted molar refractivity (Wildman–Crippen MR) is 113 cm³/mol. The van der Waals surface area contributed by atoms with Crippen molar-refractivity contribution in [2.45, 2.75) is 32.1 Å². The van der Waals surface area contributed by atoms with Gasteiger partial charge in [-0.3, -0.25) is 9.52 Å². The van der Waals surface area contributed by atoms with Gasteiger partial charge in [0, 0.05) is 5.69 Å². The van der Waals surface area contributed by atoms with Crippen LogP contribution in [0.2, 0.25) is 0 Å². The van der Waals surface area contributed by atoms with Crippen molar-refractivity contribution in [1.82, 2.24) is 9.38 Å². The molecule has 0 aliphatic rings. The monoisotopic (exact) mass is 413 g/mol. The largest absolute Gasteiger partial charge is 0.280 e. The van der Waals surface area contributed by atoms with Gasteiger partial charge in [0.25, 0.3) is 15.6 Å². The normalized spacial score (nSPS) is 12.0. The number of hydrogen-bond donors (Lipinski definition) is 1. The van der Waals surface area contributed by atoms with Crippen molar-refractivity contribution >= 4 is 42.2 Å². The fourth-order valence-corrected chi connectivity index (χ4v) is 5.68. The van der Waals surface area contributed by atoms with E-state index in [9.17, 15) is 13.2 Å². The molecule has 4 aromatic rings. The molecule has 0 atom stereocenters. The average Bonchev–Trinajstić information content (AvgIpc) is 2.98. The van der Waals surface area contributed by atoms with Crippen molar-refractivity contribution in [3.63, 3.8) is 0 Å². The first-order valence-electron chi connectivity index (χ1n) is 8.84. The summed E-state index contributed by atoms with van der Waals surface area (Å²) in [6, 6.07) is 12.8. The van der Waals surface area contributed by atoms with Crippen LogP contribution in [-0.4, -0.2) is 17.8 Å². The molecule has 0 saturated carbocycles.